The van der Waals surface area contributed by atoms with Crippen LogP contribution < -0.4 is 5.32 Å². The molecule has 0 bridgehead atoms. The van der Waals surface area contributed by atoms with E-state index in [-0.39, 0.29) is 5.91 Å². The molecule has 126 valence electrons. The molecular formula is C16H18N4O2S2. The third-order valence-corrected chi connectivity index (χ3v) is 5.86. The number of thiophene rings is 1. The summed E-state index contributed by atoms with van der Waals surface area (Å²) in [4.78, 5) is 13.3. The smallest absolute Gasteiger partial charge is 0.277 e. The van der Waals surface area contributed by atoms with Gasteiger partial charge >= 0.3 is 0 Å². The highest BCUT2D eigenvalue weighted by Gasteiger charge is 2.35. The number of amides is 1. The van der Waals surface area contributed by atoms with Crippen molar-refractivity contribution in [3.8, 4) is 16.8 Å². The maximum absolute atomic E-state index is 12.4. The molecule has 1 aliphatic rings. The molecule has 0 aromatic carbocycles. The third kappa shape index (κ3) is 3.79. The summed E-state index contributed by atoms with van der Waals surface area (Å²) in [6.45, 7) is 1.78. The first-order chi connectivity index (χ1) is 11.6. The number of carbonyl (C=O) groups is 1. The van der Waals surface area contributed by atoms with Gasteiger partial charge in [-0.3, -0.25) is 4.79 Å². The second-order valence-corrected chi connectivity index (χ2v) is 8.09. The first-order valence-electron chi connectivity index (χ1n) is 7.89. The normalized spacial score (nSPS) is 17.8. The van der Waals surface area contributed by atoms with Crippen molar-refractivity contribution in [2.75, 3.05) is 0 Å². The molecule has 0 spiro atoms. The minimum absolute atomic E-state index is 0.167. The number of hydrogen-bond donors (Lipinski definition) is 1. The van der Waals surface area contributed by atoms with Gasteiger partial charge in [-0.2, -0.15) is 5.26 Å². The van der Waals surface area contributed by atoms with Crippen molar-refractivity contribution in [3.63, 3.8) is 0 Å². The third-order valence-electron chi connectivity index (χ3n) is 4.07. The fourth-order valence-corrected chi connectivity index (χ4v) is 4.05. The van der Waals surface area contributed by atoms with Crippen LogP contribution in [0.15, 0.2) is 27.2 Å². The molecule has 1 atom stereocenters. The second-order valence-electron chi connectivity index (χ2n) is 5.85. The van der Waals surface area contributed by atoms with Crippen LogP contribution in [0.5, 0.6) is 0 Å². The average molecular weight is 362 g/mol. The van der Waals surface area contributed by atoms with Crippen molar-refractivity contribution in [1.82, 2.24) is 15.5 Å². The summed E-state index contributed by atoms with van der Waals surface area (Å²) >= 11 is 2.73. The van der Waals surface area contributed by atoms with E-state index in [0.29, 0.717) is 11.1 Å². The van der Waals surface area contributed by atoms with E-state index in [1.807, 2.05) is 17.5 Å². The first-order valence-corrected chi connectivity index (χ1v) is 9.65. The van der Waals surface area contributed by atoms with E-state index in [0.717, 1.165) is 37.0 Å². The van der Waals surface area contributed by atoms with Crippen molar-refractivity contribution < 1.29 is 9.21 Å². The molecule has 1 saturated carbocycles. The van der Waals surface area contributed by atoms with Gasteiger partial charge < -0.3 is 9.73 Å². The molecule has 1 N–H and O–H groups in total. The largest absolute Gasteiger partial charge is 0.410 e. The van der Waals surface area contributed by atoms with E-state index in [4.69, 9.17) is 4.42 Å². The van der Waals surface area contributed by atoms with Gasteiger partial charge in [0.25, 0.3) is 11.1 Å². The fraction of sp³-hybridized carbons (Fsp3) is 0.500. The van der Waals surface area contributed by atoms with Gasteiger partial charge in [-0.05, 0) is 31.2 Å². The quantitative estimate of drug-likeness (QED) is 0.817. The Morgan fingerprint density at radius 2 is 2.25 bits per heavy atom. The van der Waals surface area contributed by atoms with Crippen LogP contribution >= 0.6 is 23.1 Å². The van der Waals surface area contributed by atoms with Crippen molar-refractivity contribution in [2.45, 2.75) is 55.0 Å². The zero-order valence-corrected chi connectivity index (χ0v) is 15.0. The van der Waals surface area contributed by atoms with E-state index in [1.165, 1.54) is 23.1 Å². The van der Waals surface area contributed by atoms with Crippen molar-refractivity contribution in [3.05, 3.63) is 17.5 Å². The number of thioether (sulfide) groups is 1. The zero-order chi connectivity index (χ0) is 17.0. The molecule has 6 nitrogen and oxygen atoms in total. The molecular weight excluding hydrogens is 344 g/mol. The van der Waals surface area contributed by atoms with E-state index in [9.17, 15) is 10.1 Å². The predicted molar refractivity (Wildman–Crippen MR) is 92.5 cm³/mol. The Balaban J connectivity index is 1.61. The van der Waals surface area contributed by atoms with Crippen molar-refractivity contribution in [1.29, 1.82) is 5.26 Å². The first kappa shape index (κ1) is 17.0. The Hall–Kier alpha value is -1.85. The molecule has 2 aromatic heterocycles. The summed E-state index contributed by atoms with van der Waals surface area (Å²) in [5.41, 5.74) is -0.721. The Morgan fingerprint density at radius 1 is 1.46 bits per heavy atom. The van der Waals surface area contributed by atoms with Gasteiger partial charge in [-0.25, -0.2) is 0 Å². The molecule has 0 saturated heterocycles. The molecule has 1 unspecified atom stereocenters. The van der Waals surface area contributed by atoms with E-state index < -0.39 is 10.8 Å². The second kappa shape index (κ2) is 7.36. The van der Waals surface area contributed by atoms with E-state index in [1.54, 1.807) is 6.92 Å². The monoisotopic (exact) mass is 362 g/mol. The SMILES string of the molecule is CC(Sc1nnc(-c2cccs2)o1)C(=O)NC1(C#N)CCCCC1. The summed E-state index contributed by atoms with van der Waals surface area (Å²) < 4.78 is 5.60. The van der Waals surface area contributed by atoms with Crippen LogP contribution in [-0.4, -0.2) is 26.9 Å². The van der Waals surface area contributed by atoms with Gasteiger partial charge in [0.15, 0.2) is 0 Å². The molecule has 1 aliphatic carbocycles. The van der Waals surface area contributed by atoms with Gasteiger partial charge in [-0.15, -0.1) is 21.5 Å². The lowest BCUT2D eigenvalue weighted by atomic mass is 9.83. The Labute approximate surface area is 148 Å². The lowest BCUT2D eigenvalue weighted by Gasteiger charge is -2.32. The minimum Gasteiger partial charge on any atom is -0.410 e. The van der Waals surface area contributed by atoms with Crippen molar-refractivity contribution >= 4 is 29.0 Å². The number of nitriles is 1. The molecule has 0 radical (unpaired) electrons. The van der Waals surface area contributed by atoms with E-state index in [2.05, 4.69) is 21.6 Å². The molecule has 1 amide bonds. The Morgan fingerprint density at radius 3 is 2.92 bits per heavy atom. The van der Waals surface area contributed by atoms with Gasteiger partial charge in [0.05, 0.1) is 16.2 Å². The number of nitrogens with zero attached hydrogens (tertiary/aromatic N) is 3. The molecule has 2 heterocycles. The lowest BCUT2D eigenvalue weighted by Crippen LogP contribution is -2.50. The summed E-state index contributed by atoms with van der Waals surface area (Å²) in [7, 11) is 0. The molecule has 3 rings (SSSR count). The van der Waals surface area contributed by atoms with Gasteiger partial charge in [-0.1, -0.05) is 37.1 Å². The van der Waals surface area contributed by atoms with Crippen LogP contribution in [0, 0.1) is 11.3 Å². The number of carbonyl (C=O) groups excluding carboxylic acids is 1. The number of hydrogen-bond acceptors (Lipinski definition) is 7. The summed E-state index contributed by atoms with van der Waals surface area (Å²) in [6.07, 6.45) is 4.51. The van der Waals surface area contributed by atoms with Crippen LogP contribution in [0.3, 0.4) is 0 Å². The zero-order valence-electron chi connectivity index (χ0n) is 13.3. The standard InChI is InChI=1S/C16H18N4O2S2/c1-11(13(21)18-16(10-17)7-3-2-4-8-16)24-15-20-19-14(22-15)12-6-5-9-23-12/h5-6,9,11H,2-4,7-8H2,1H3,(H,18,21). The summed E-state index contributed by atoms with van der Waals surface area (Å²) in [5.74, 6) is 0.292. The Bertz CT molecular complexity index is 730. The molecule has 24 heavy (non-hydrogen) atoms. The minimum atomic E-state index is -0.721. The van der Waals surface area contributed by atoms with Crippen LogP contribution in [0.4, 0.5) is 0 Å². The van der Waals surface area contributed by atoms with Gasteiger partial charge in [0, 0.05) is 0 Å². The average Bonchev–Trinajstić information content (AvgIpc) is 3.26. The van der Waals surface area contributed by atoms with Crippen LogP contribution in [0.2, 0.25) is 0 Å². The molecule has 2 aromatic rings. The maximum Gasteiger partial charge on any atom is 0.277 e. The van der Waals surface area contributed by atoms with Crippen LogP contribution in [0.25, 0.3) is 10.8 Å². The number of nitrogens with one attached hydrogen (secondary N) is 1. The summed E-state index contributed by atoms with van der Waals surface area (Å²) in [5, 5.41) is 22.3. The molecule has 0 aliphatic heterocycles. The van der Waals surface area contributed by atoms with E-state index >= 15 is 0 Å². The number of aromatic nitrogens is 2. The Kier molecular flexibility index (Phi) is 5.21. The van der Waals surface area contributed by atoms with Crippen LogP contribution in [-0.2, 0) is 4.79 Å². The molecule has 8 heteroatoms. The highest BCUT2D eigenvalue weighted by atomic mass is 32.2. The lowest BCUT2D eigenvalue weighted by molar-refractivity contribution is -0.122. The molecule has 1 fully saturated rings. The highest BCUT2D eigenvalue weighted by Crippen LogP contribution is 2.30. The number of rotatable bonds is 5. The topological polar surface area (TPSA) is 91.8 Å². The highest BCUT2D eigenvalue weighted by molar-refractivity contribution is 8.00. The van der Waals surface area contributed by atoms with Crippen molar-refractivity contribution in [2.24, 2.45) is 0 Å². The fourth-order valence-electron chi connectivity index (χ4n) is 2.72. The van der Waals surface area contributed by atoms with Crippen LogP contribution in [0.1, 0.15) is 39.0 Å². The predicted octanol–water partition coefficient (Wildman–Crippen LogP) is 3.62. The van der Waals surface area contributed by atoms with Gasteiger partial charge in [0.1, 0.15) is 5.54 Å². The maximum atomic E-state index is 12.4. The summed E-state index contributed by atoms with van der Waals surface area (Å²) in [6, 6.07) is 6.12. The van der Waals surface area contributed by atoms with Gasteiger partial charge in [0.2, 0.25) is 5.91 Å².